The van der Waals surface area contributed by atoms with Crippen molar-refractivity contribution >= 4 is 17.3 Å². The van der Waals surface area contributed by atoms with Crippen LogP contribution in [0.2, 0.25) is 5.02 Å². The molecule has 0 radical (unpaired) electrons. The lowest BCUT2D eigenvalue weighted by atomic mass is 10.00. The number of nitrogens with zero attached hydrogens (tertiary/aromatic N) is 1. The summed E-state index contributed by atoms with van der Waals surface area (Å²) in [5.41, 5.74) is 1.92. The average molecular weight is 288 g/mol. The zero-order valence-electron chi connectivity index (χ0n) is 11.9. The van der Waals surface area contributed by atoms with Gasteiger partial charge in [-0.25, -0.2) is 0 Å². The molecule has 2 aromatic rings. The molecule has 0 aliphatic rings. The molecule has 0 aromatic heterocycles. The van der Waals surface area contributed by atoms with E-state index < -0.39 is 5.54 Å². The first-order valence-electron chi connectivity index (χ1n) is 6.55. The van der Waals surface area contributed by atoms with Crippen LogP contribution in [-0.2, 0) is 0 Å². The van der Waals surface area contributed by atoms with E-state index in [1.165, 1.54) is 0 Å². The molecule has 0 bridgehead atoms. The van der Waals surface area contributed by atoms with Gasteiger partial charge in [0.2, 0.25) is 5.71 Å². The highest BCUT2D eigenvalue weighted by Crippen LogP contribution is 2.18. The van der Waals surface area contributed by atoms with Crippen molar-refractivity contribution in [3.63, 3.8) is 0 Å². The second-order valence-electron chi connectivity index (χ2n) is 5.69. The Morgan fingerprint density at radius 3 is 1.90 bits per heavy atom. The first-order chi connectivity index (χ1) is 9.39. The van der Waals surface area contributed by atoms with Gasteiger partial charge in [-0.1, -0.05) is 29.8 Å². The van der Waals surface area contributed by atoms with Crippen LogP contribution in [0.25, 0.3) is 0 Å². The second kappa shape index (κ2) is 5.68. The molecular weight excluding hydrogens is 270 g/mol. The lowest BCUT2D eigenvalue weighted by Gasteiger charge is -2.23. The van der Waals surface area contributed by atoms with E-state index in [1.54, 1.807) is 12.1 Å². The fourth-order valence-electron chi connectivity index (χ4n) is 1.94. The fraction of sp³-hybridized carbons (Fsp3) is 0.235. The molecule has 2 nitrogen and oxygen atoms in total. The van der Waals surface area contributed by atoms with Gasteiger partial charge in [0.1, 0.15) is 0 Å². The van der Waals surface area contributed by atoms with Crippen molar-refractivity contribution in [3.8, 4) is 0 Å². The largest absolute Gasteiger partial charge is 0.623 e. The number of hydrogen-bond donors (Lipinski definition) is 0. The average Bonchev–Trinajstić information content (AvgIpc) is 2.41. The molecule has 2 aromatic carbocycles. The van der Waals surface area contributed by atoms with Gasteiger partial charge in [-0.05, 0) is 36.4 Å². The van der Waals surface area contributed by atoms with Gasteiger partial charge in [0.25, 0.3) is 0 Å². The number of rotatable bonds is 2. The molecule has 0 fully saturated rings. The first kappa shape index (κ1) is 14.6. The van der Waals surface area contributed by atoms with Crippen molar-refractivity contribution < 1.29 is 4.74 Å². The molecule has 0 amide bonds. The minimum atomic E-state index is -0.509. The fourth-order valence-corrected chi connectivity index (χ4v) is 2.07. The zero-order valence-corrected chi connectivity index (χ0v) is 12.7. The summed E-state index contributed by atoms with van der Waals surface area (Å²) in [7, 11) is 0. The molecule has 20 heavy (non-hydrogen) atoms. The maximum absolute atomic E-state index is 12.7. The van der Waals surface area contributed by atoms with Crippen LogP contribution in [0, 0.1) is 5.21 Å². The predicted octanol–water partition coefficient (Wildman–Crippen LogP) is 4.49. The SMILES string of the molecule is CC(C)(C)/[N+]([O-])=C(/c1ccccc1)c1ccc(Cl)cc1. The number of hydrogen-bond acceptors (Lipinski definition) is 1. The van der Waals surface area contributed by atoms with Crippen LogP contribution in [-0.4, -0.2) is 16.0 Å². The number of hydroxylamine groups is 1. The Kier molecular flexibility index (Phi) is 4.15. The lowest BCUT2D eigenvalue weighted by Crippen LogP contribution is -2.34. The number of halogens is 1. The first-order valence-corrected chi connectivity index (χ1v) is 6.93. The van der Waals surface area contributed by atoms with Gasteiger partial charge in [0.05, 0.1) is 0 Å². The third kappa shape index (κ3) is 3.20. The maximum atomic E-state index is 12.7. The van der Waals surface area contributed by atoms with Gasteiger partial charge >= 0.3 is 0 Å². The summed E-state index contributed by atoms with van der Waals surface area (Å²) in [6, 6.07) is 17.1. The van der Waals surface area contributed by atoms with Crippen molar-refractivity contribution in [2.24, 2.45) is 0 Å². The van der Waals surface area contributed by atoms with E-state index >= 15 is 0 Å². The Bertz CT molecular complexity index is 610. The van der Waals surface area contributed by atoms with Gasteiger partial charge < -0.3 is 5.21 Å². The molecule has 3 heteroatoms. The lowest BCUT2D eigenvalue weighted by molar-refractivity contribution is -0.534. The molecule has 0 saturated carbocycles. The van der Waals surface area contributed by atoms with Crippen molar-refractivity contribution in [1.82, 2.24) is 0 Å². The van der Waals surface area contributed by atoms with Gasteiger partial charge in [-0.2, -0.15) is 4.74 Å². The predicted molar refractivity (Wildman–Crippen MR) is 84.5 cm³/mol. The van der Waals surface area contributed by atoms with Gasteiger partial charge in [0, 0.05) is 36.9 Å². The Hall–Kier alpha value is -1.80. The topological polar surface area (TPSA) is 26.1 Å². The zero-order chi connectivity index (χ0) is 14.8. The van der Waals surface area contributed by atoms with Gasteiger partial charge in [-0.3, -0.25) is 0 Å². The second-order valence-corrected chi connectivity index (χ2v) is 6.12. The van der Waals surface area contributed by atoms with E-state index in [4.69, 9.17) is 11.6 Å². The van der Waals surface area contributed by atoms with E-state index in [9.17, 15) is 5.21 Å². The minimum Gasteiger partial charge on any atom is -0.623 e. The van der Waals surface area contributed by atoms with E-state index in [0.717, 1.165) is 15.9 Å². The van der Waals surface area contributed by atoms with Gasteiger partial charge in [0.15, 0.2) is 5.54 Å². The van der Waals surface area contributed by atoms with Crippen LogP contribution in [0.5, 0.6) is 0 Å². The van der Waals surface area contributed by atoms with E-state index in [-0.39, 0.29) is 0 Å². The summed E-state index contributed by atoms with van der Waals surface area (Å²) < 4.78 is 1.06. The monoisotopic (exact) mass is 287 g/mol. The highest BCUT2D eigenvalue weighted by Gasteiger charge is 2.25. The van der Waals surface area contributed by atoms with Crippen LogP contribution in [0.3, 0.4) is 0 Å². The summed E-state index contributed by atoms with van der Waals surface area (Å²) in [5, 5.41) is 13.4. The molecule has 0 heterocycles. The summed E-state index contributed by atoms with van der Waals surface area (Å²) in [5.74, 6) is 0. The molecule has 0 aliphatic carbocycles. The van der Waals surface area contributed by atoms with Crippen LogP contribution >= 0.6 is 11.6 Å². The van der Waals surface area contributed by atoms with Crippen molar-refractivity contribution in [2.75, 3.05) is 0 Å². The highest BCUT2D eigenvalue weighted by molar-refractivity contribution is 6.30. The third-order valence-corrected chi connectivity index (χ3v) is 3.23. The number of benzene rings is 2. The quantitative estimate of drug-likeness (QED) is 0.346. The smallest absolute Gasteiger partial charge is 0.226 e. The summed E-state index contributed by atoms with van der Waals surface area (Å²) in [6.07, 6.45) is 0. The molecular formula is C17H18ClNO. The van der Waals surface area contributed by atoms with Crippen LogP contribution in [0.1, 0.15) is 31.9 Å². The van der Waals surface area contributed by atoms with E-state index in [2.05, 4.69) is 0 Å². The maximum Gasteiger partial charge on any atom is 0.226 e. The van der Waals surface area contributed by atoms with Gasteiger partial charge in [-0.15, -0.1) is 0 Å². The van der Waals surface area contributed by atoms with Crippen LogP contribution < -0.4 is 0 Å². The van der Waals surface area contributed by atoms with E-state index in [0.29, 0.717) is 10.7 Å². The standard InChI is InChI=1S/C17H18ClNO/c1-17(2,3)19(20)16(13-7-5-4-6-8-13)14-9-11-15(18)12-10-14/h4-12H,1-3H3/b19-16+. The Morgan fingerprint density at radius 2 is 1.40 bits per heavy atom. The van der Waals surface area contributed by atoms with Crippen molar-refractivity contribution in [1.29, 1.82) is 0 Å². The summed E-state index contributed by atoms with van der Waals surface area (Å²) in [4.78, 5) is 0. The minimum absolute atomic E-state index is 0.509. The van der Waals surface area contributed by atoms with E-state index in [1.807, 2.05) is 63.2 Å². The normalized spacial score (nSPS) is 13.0. The molecule has 0 atom stereocenters. The molecule has 0 spiro atoms. The Labute approximate surface area is 124 Å². The highest BCUT2D eigenvalue weighted by atomic mass is 35.5. The molecule has 104 valence electrons. The van der Waals surface area contributed by atoms with Crippen LogP contribution in [0.4, 0.5) is 0 Å². The Balaban J connectivity index is 2.65. The van der Waals surface area contributed by atoms with Crippen LogP contribution in [0.15, 0.2) is 54.6 Å². The molecule has 0 N–H and O–H groups in total. The molecule has 2 rings (SSSR count). The molecule has 0 aliphatic heterocycles. The molecule has 0 saturated heterocycles. The Morgan fingerprint density at radius 1 is 0.900 bits per heavy atom. The summed E-state index contributed by atoms with van der Waals surface area (Å²) in [6.45, 7) is 5.70. The summed E-state index contributed by atoms with van der Waals surface area (Å²) >= 11 is 5.93. The third-order valence-electron chi connectivity index (χ3n) is 2.98. The van der Waals surface area contributed by atoms with Crippen molar-refractivity contribution in [3.05, 3.63) is 76.0 Å². The van der Waals surface area contributed by atoms with Crippen molar-refractivity contribution in [2.45, 2.75) is 26.3 Å². The molecule has 0 unspecified atom stereocenters.